The molecule has 8 nitrogen and oxygen atoms in total. The first-order chi connectivity index (χ1) is 9.95. The van der Waals surface area contributed by atoms with Crippen molar-refractivity contribution < 1.29 is 9.90 Å². The van der Waals surface area contributed by atoms with E-state index in [4.69, 9.17) is 10.8 Å². The van der Waals surface area contributed by atoms with Gasteiger partial charge in [0.15, 0.2) is 5.65 Å². The van der Waals surface area contributed by atoms with Crippen LogP contribution in [0.5, 0.6) is 0 Å². The Hall–Kier alpha value is -3.16. The van der Waals surface area contributed by atoms with E-state index in [-0.39, 0.29) is 11.5 Å². The summed E-state index contributed by atoms with van der Waals surface area (Å²) in [6.45, 7) is 0. The molecule has 0 aliphatic heterocycles. The lowest BCUT2D eigenvalue weighted by molar-refractivity contribution is 0.0694. The first-order valence-corrected chi connectivity index (χ1v) is 6.02. The Morgan fingerprint density at radius 3 is 2.81 bits per heavy atom. The van der Waals surface area contributed by atoms with Gasteiger partial charge in [0.25, 0.3) is 5.56 Å². The van der Waals surface area contributed by atoms with Crippen molar-refractivity contribution in [2.45, 2.75) is 0 Å². The predicted molar refractivity (Wildman–Crippen MR) is 75.0 cm³/mol. The van der Waals surface area contributed by atoms with Crippen LogP contribution in [-0.4, -0.2) is 30.2 Å². The van der Waals surface area contributed by atoms with E-state index in [0.29, 0.717) is 16.8 Å². The van der Waals surface area contributed by atoms with Crippen LogP contribution >= 0.6 is 0 Å². The molecule has 0 spiro atoms. The molecule has 8 heteroatoms. The fourth-order valence-corrected chi connectivity index (χ4v) is 2.10. The van der Waals surface area contributed by atoms with Gasteiger partial charge >= 0.3 is 5.97 Å². The second-order valence-corrected chi connectivity index (χ2v) is 4.55. The molecule has 3 heterocycles. The predicted octanol–water partition coefficient (Wildman–Crippen LogP) is 0.375. The maximum Gasteiger partial charge on any atom is 0.341 e. The van der Waals surface area contributed by atoms with Crippen molar-refractivity contribution in [3.63, 3.8) is 0 Å². The third-order valence-corrected chi connectivity index (χ3v) is 3.10. The highest BCUT2D eigenvalue weighted by Gasteiger charge is 2.13. The maximum absolute atomic E-state index is 11.7. The molecule has 21 heavy (non-hydrogen) atoms. The van der Waals surface area contributed by atoms with Crippen LogP contribution in [0.3, 0.4) is 0 Å². The van der Waals surface area contributed by atoms with E-state index in [9.17, 15) is 9.59 Å². The molecule has 3 aromatic rings. The van der Waals surface area contributed by atoms with Crippen molar-refractivity contribution in [3.05, 3.63) is 46.5 Å². The number of aromatic nitrogens is 4. The zero-order valence-corrected chi connectivity index (χ0v) is 11.0. The minimum atomic E-state index is -1.26. The number of aryl methyl sites for hydroxylation is 1. The molecule has 3 aromatic heterocycles. The number of nitrogens with two attached hydrogens (primary N) is 1. The zero-order chi connectivity index (χ0) is 15.1. The van der Waals surface area contributed by atoms with Gasteiger partial charge in [-0.05, 0) is 29.3 Å². The zero-order valence-electron chi connectivity index (χ0n) is 11.0. The third-order valence-electron chi connectivity index (χ3n) is 3.10. The Kier molecular flexibility index (Phi) is 2.72. The first-order valence-electron chi connectivity index (χ1n) is 6.02. The molecule has 0 aliphatic carbocycles. The minimum Gasteiger partial charge on any atom is -0.477 e. The quantitative estimate of drug-likeness (QED) is 0.703. The minimum absolute atomic E-state index is 0.152. The summed E-state index contributed by atoms with van der Waals surface area (Å²) >= 11 is 0. The molecule has 0 atom stereocenters. The summed E-state index contributed by atoms with van der Waals surface area (Å²) < 4.78 is 2.75. The fraction of sp³-hybridized carbons (Fsp3) is 0.0769. The van der Waals surface area contributed by atoms with Gasteiger partial charge in [-0.2, -0.15) is 4.98 Å². The number of carboxylic acid groups (broad SMARTS) is 1. The van der Waals surface area contributed by atoms with Crippen LogP contribution in [0.4, 0.5) is 5.95 Å². The standard InChI is InChI=1S/C13H11N5O3/c1-17-6-8(4-9(11(17)19)12(20)21)7-2-3-18-10(5-7)15-13(14)16-18/h2-6H,1H3,(H2,14,16)(H,20,21). The monoisotopic (exact) mass is 285 g/mol. The Morgan fingerprint density at radius 2 is 2.10 bits per heavy atom. The second-order valence-electron chi connectivity index (χ2n) is 4.55. The molecule has 0 aromatic carbocycles. The molecule has 3 N–H and O–H groups in total. The number of hydrogen-bond donors (Lipinski definition) is 2. The number of nitrogen functional groups attached to an aromatic ring is 1. The van der Waals surface area contributed by atoms with Crippen LogP contribution in [0.2, 0.25) is 0 Å². The number of hydrogen-bond acceptors (Lipinski definition) is 5. The van der Waals surface area contributed by atoms with Gasteiger partial charge < -0.3 is 15.4 Å². The largest absolute Gasteiger partial charge is 0.477 e. The lowest BCUT2D eigenvalue weighted by Gasteiger charge is -2.06. The van der Waals surface area contributed by atoms with Crippen molar-refractivity contribution in [1.29, 1.82) is 0 Å². The summed E-state index contributed by atoms with van der Waals surface area (Å²) in [7, 11) is 1.51. The average Bonchev–Trinajstić information content (AvgIpc) is 2.80. The highest BCUT2D eigenvalue weighted by atomic mass is 16.4. The maximum atomic E-state index is 11.7. The molecular weight excluding hydrogens is 274 g/mol. The molecular formula is C13H11N5O3. The Morgan fingerprint density at radius 1 is 1.33 bits per heavy atom. The second kappa shape index (κ2) is 4.44. The van der Waals surface area contributed by atoms with Gasteiger partial charge in [-0.1, -0.05) is 0 Å². The smallest absolute Gasteiger partial charge is 0.341 e. The topological polar surface area (TPSA) is 116 Å². The number of anilines is 1. The van der Waals surface area contributed by atoms with E-state index in [1.54, 1.807) is 24.5 Å². The van der Waals surface area contributed by atoms with Crippen LogP contribution in [0, 0.1) is 0 Å². The average molecular weight is 285 g/mol. The molecule has 3 rings (SSSR count). The lowest BCUT2D eigenvalue weighted by atomic mass is 10.1. The summed E-state index contributed by atoms with van der Waals surface area (Å²) in [6.07, 6.45) is 3.24. The Bertz CT molecular complexity index is 925. The highest BCUT2D eigenvalue weighted by molar-refractivity contribution is 5.89. The van der Waals surface area contributed by atoms with E-state index < -0.39 is 11.5 Å². The van der Waals surface area contributed by atoms with Gasteiger partial charge in [0.2, 0.25) is 5.95 Å². The van der Waals surface area contributed by atoms with E-state index in [0.717, 1.165) is 0 Å². The van der Waals surface area contributed by atoms with Crippen molar-refractivity contribution >= 4 is 17.6 Å². The number of carboxylic acids is 1. The van der Waals surface area contributed by atoms with Gasteiger partial charge in [0.05, 0.1) is 0 Å². The third kappa shape index (κ3) is 2.12. The molecule has 106 valence electrons. The number of nitrogens with zero attached hydrogens (tertiary/aromatic N) is 4. The van der Waals surface area contributed by atoms with Crippen LogP contribution in [0.15, 0.2) is 35.4 Å². The SMILES string of the molecule is Cn1cc(-c2ccn3nc(N)nc3c2)cc(C(=O)O)c1=O. The number of carbonyl (C=O) groups is 1. The molecule has 0 aliphatic rings. The summed E-state index contributed by atoms with van der Waals surface area (Å²) in [5.74, 6) is -1.11. The van der Waals surface area contributed by atoms with E-state index in [1.165, 1.54) is 22.2 Å². The van der Waals surface area contributed by atoms with Crippen LogP contribution < -0.4 is 11.3 Å². The number of aromatic carboxylic acids is 1. The van der Waals surface area contributed by atoms with Gasteiger partial charge in [-0.3, -0.25) is 4.79 Å². The molecule has 0 amide bonds. The van der Waals surface area contributed by atoms with Gasteiger partial charge in [-0.25, -0.2) is 9.31 Å². The number of rotatable bonds is 2. The van der Waals surface area contributed by atoms with E-state index in [1.807, 2.05) is 0 Å². The van der Waals surface area contributed by atoms with Crippen molar-refractivity contribution in [2.24, 2.45) is 7.05 Å². The summed E-state index contributed by atoms with van der Waals surface area (Å²) in [5, 5.41) is 13.0. The van der Waals surface area contributed by atoms with Crippen LogP contribution in [0.25, 0.3) is 16.8 Å². The summed E-state index contributed by atoms with van der Waals surface area (Å²) in [4.78, 5) is 26.9. The highest BCUT2D eigenvalue weighted by Crippen LogP contribution is 2.20. The van der Waals surface area contributed by atoms with Crippen molar-refractivity contribution in [3.8, 4) is 11.1 Å². The molecule has 0 saturated carbocycles. The van der Waals surface area contributed by atoms with Gasteiger partial charge in [0.1, 0.15) is 5.56 Å². The number of pyridine rings is 2. The molecule has 0 saturated heterocycles. The lowest BCUT2D eigenvalue weighted by Crippen LogP contribution is -2.23. The van der Waals surface area contributed by atoms with Crippen LogP contribution in [0.1, 0.15) is 10.4 Å². The van der Waals surface area contributed by atoms with Crippen LogP contribution in [-0.2, 0) is 7.05 Å². The normalized spacial score (nSPS) is 10.9. The van der Waals surface area contributed by atoms with Crippen molar-refractivity contribution in [2.75, 3.05) is 5.73 Å². The molecule has 0 bridgehead atoms. The summed E-state index contributed by atoms with van der Waals surface area (Å²) in [6, 6.07) is 4.80. The fourth-order valence-electron chi connectivity index (χ4n) is 2.10. The Balaban J connectivity index is 2.22. The summed E-state index contributed by atoms with van der Waals surface area (Å²) in [5.41, 5.74) is 6.53. The van der Waals surface area contributed by atoms with E-state index in [2.05, 4.69) is 10.1 Å². The molecule has 0 radical (unpaired) electrons. The van der Waals surface area contributed by atoms with Gasteiger partial charge in [-0.15, -0.1) is 5.10 Å². The van der Waals surface area contributed by atoms with Crippen molar-refractivity contribution in [1.82, 2.24) is 19.2 Å². The Labute approximate surface area is 118 Å². The number of fused-ring (bicyclic) bond motifs is 1. The van der Waals surface area contributed by atoms with Gasteiger partial charge in [0, 0.05) is 19.4 Å². The molecule has 0 fully saturated rings. The first kappa shape index (κ1) is 12.9. The molecule has 0 unspecified atom stereocenters. The van der Waals surface area contributed by atoms with E-state index >= 15 is 0 Å².